The first-order valence-electron chi connectivity index (χ1n) is 8.16. The van der Waals surface area contributed by atoms with Crippen molar-refractivity contribution in [2.24, 2.45) is 5.92 Å². The number of halogens is 1. The lowest BCUT2D eigenvalue weighted by Crippen LogP contribution is -2.34. The van der Waals surface area contributed by atoms with E-state index < -0.39 is 32.4 Å². The number of carbonyl (C=O) groups is 2. The minimum Gasteiger partial charge on any atom is -0.425 e. The van der Waals surface area contributed by atoms with E-state index in [9.17, 15) is 14.2 Å². The molecule has 144 valence electrons. The molecule has 0 saturated carbocycles. The molecule has 0 heterocycles. The summed E-state index contributed by atoms with van der Waals surface area (Å²) in [6.45, 7) is 6.48. The van der Waals surface area contributed by atoms with E-state index in [0.29, 0.717) is 11.4 Å². The maximum absolute atomic E-state index is 12.1. The predicted octanol–water partition coefficient (Wildman–Crippen LogP) is 4.43. The van der Waals surface area contributed by atoms with Crippen molar-refractivity contribution in [1.82, 2.24) is 5.32 Å². The fourth-order valence-corrected chi connectivity index (χ4v) is 2.46. The molecule has 1 aromatic carbocycles. The molecule has 0 aliphatic heterocycles. The summed E-state index contributed by atoms with van der Waals surface area (Å²) in [6, 6.07) is 6.49. The number of carbonyl (C=O) groups excluding carboxylic acids is 2. The second-order valence-corrected chi connectivity index (χ2v) is 7.45. The van der Waals surface area contributed by atoms with Crippen LogP contribution in [0.5, 0.6) is 0 Å². The molecular weight excluding hydrogens is 381 g/mol. The van der Waals surface area contributed by atoms with Crippen molar-refractivity contribution in [1.29, 1.82) is 0 Å². The first-order chi connectivity index (χ1) is 12.2. The van der Waals surface area contributed by atoms with Crippen LogP contribution < -0.4 is 5.32 Å². The van der Waals surface area contributed by atoms with Gasteiger partial charge in [-0.25, -0.2) is 4.79 Å². The summed E-state index contributed by atoms with van der Waals surface area (Å²) in [6.07, 6.45) is -1.38. The molecule has 0 aliphatic rings. The Morgan fingerprint density at radius 2 is 1.77 bits per heavy atom. The van der Waals surface area contributed by atoms with Crippen LogP contribution in [0.4, 0.5) is 4.79 Å². The minimum atomic E-state index is -1.73. The molecule has 26 heavy (non-hydrogen) atoms. The molecule has 0 aliphatic carbocycles. The summed E-state index contributed by atoms with van der Waals surface area (Å²) in [5.41, 5.74) is 0.785. The molecule has 9 heteroatoms. The monoisotopic (exact) mass is 404 g/mol. The molecule has 0 fully saturated rings. The van der Waals surface area contributed by atoms with E-state index in [1.165, 1.54) is 13.6 Å². The van der Waals surface area contributed by atoms with Crippen LogP contribution in [0.25, 0.3) is 0 Å². The first kappa shape index (κ1) is 22.4. The van der Waals surface area contributed by atoms with Crippen LogP contribution in [0.2, 0.25) is 5.02 Å². The molecule has 0 aromatic heterocycles. The minimum absolute atomic E-state index is 0.192. The maximum atomic E-state index is 12.1. The fourth-order valence-electron chi connectivity index (χ4n) is 1.97. The highest BCUT2D eigenvalue weighted by Gasteiger charge is 2.21. The zero-order valence-corrected chi connectivity index (χ0v) is 16.9. The van der Waals surface area contributed by atoms with Crippen LogP contribution in [-0.4, -0.2) is 31.6 Å². The van der Waals surface area contributed by atoms with E-state index in [0.717, 1.165) is 5.56 Å². The van der Waals surface area contributed by atoms with Gasteiger partial charge in [-0.15, -0.1) is 4.52 Å². The van der Waals surface area contributed by atoms with E-state index in [1.807, 2.05) is 0 Å². The molecular formula is C17H24ClNO6P+. The molecule has 1 N–H and O–H groups in total. The van der Waals surface area contributed by atoms with E-state index in [4.69, 9.17) is 25.6 Å². The Morgan fingerprint density at radius 1 is 1.15 bits per heavy atom. The molecule has 0 spiro atoms. The van der Waals surface area contributed by atoms with Crippen LogP contribution >= 0.6 is 19.6 Å². The Bertz CT molecular complexity index is 622. The lowest BCUT2D eigenvalue weighted by Gasteiger charge is -2.20. The van der Waals surface area contributed by atoms with E-state index in [-0.39, 0.29) is 12.5 Å². The summed E-state index contributed by atoms with van der Waals surface area (Å²) >= 11 is 5.89. The van der Waals surface area contributed by atoms with Crippen LogP contribution in [0.1, 0.15) is 38.8 Å². The van der Waals surface area contributed by atoms with Gasteiger partial charge in [-0.3, -0.25) is 4.79 Å². The fraction of sp³-hybridized carbons (Fsp3) is 0.529. The molecule has 3 unspecified atom stereocenters. The van der Waals surface area contributed by atoms with Crippen molar-refractivity contribution in [2.75, 3.05) is 13.3 Å². The molecule has 7 nitrogen and oxygen atoms in total. The summed E-state index contributed by atoms with van der Waals surface area (Å²) in [7, 11) is -1.73. The van der Waals surface area contributed by atoms with Crippen molar-refractivity contribution in [3.05, 3.63) is 34.9 Å². The number of alkyl carbamates (subject to hydrolysis) is 1. The number of nitrogens with one attached hydrogen (secondary N) is 1. The van der Waals surface area contributed by atoms with Gasteiger partial charge in [-0.05, 0) is 22.3 Å². The van der Waals surface area contributed by atoms with Crippen molar-refractivity contribution in [3.8, 4) is 0 Å². The Hall–Kier alpha value is -1.69. The van der Waals surface area contributed by atoms with Crippen LogP contribution in [0.3, 0.4) is 0 Å². The third-order valence-corrected chi connectivity index (χ3v) is 4.07. The topological polar surface area (TPSA) is 90.9 Å². The highest BCUT2D eigenvalue weighted by atomic mass is 35.5. The molecule has 0 saturated heterocycles. The second kappa shape index (κ2) is 11.1. The lowest BCUT2D eigenvalue weighted by molar-refractivity contribution is -0.168. The molecule has 3 atom stereocenters. The number of amides is 1. The number of hydrogen-bond acceptors (Lipinski definition) is 6. The number of ether oxygens (including phenoxy) is 2. The van der Waals surface area contributed by atoms with Gasteiger partial charge >= 0.3 is 20.1 Å². The Morgan fingerprint density at radius 3 is 2.31 bits per heavy atom. The van der Waals surface area contributed by atoms with Crippen molar-refractivity contribution < 1.29 is 28.2 Å². The standard InChI is InChI=1S/C17H23ClNO6P/c1-11(2)16(20)24-12(3)25-17(21)19-15(9-10-23-26(4)22)13-5-7-14(18)8-6-13/h5-8,11-12,15H,9-10H2,1-4H3/p+1. The molecule has 0 bridgehead atoms. The summed E-state index contributed by atoms with van der Waals surface area (Å²) in [4.78, 5) is 23.6. The summed E-state index contributed by atoms with van der Waals surface area (Å²) in [5, 5.41) is 3.26. The van der Waals surface area contributed by atoms with Gasteiger partial charge in [0.05, 0.1) is 12.0 Å². The SMILES string of the molecule is CC(OC(=O)NC(CCO[P+](C)=O)c1ccc(Cl)cc1)OC(=O)C(C)C. The summed E-state index contributed by atoms with van der Waals surface area (Å²) in [5.74, 6) is -0.779. The van der Waals surface area contributed by atoms with Gasteiger partial charge in [0.1, 0.15) is 6.61 Å². The van der Waals surface area contributed by atoms with Gasteiger partial charge in [0.25, 0.3) is 0 Å². The summed E-state index contributed by atoms with van der Waals surface area (Å²) < 4.78 is 26.2. The average Bonchev–Trinajstić information content (AvgIpc) is 2.54. The number of hydrogen-bond donors (Lipinski definition) is 1. The van der Waals surface area contributed by atoms with Gasteiger partial charge in [-0.1, -0.05) is 37.6 Å². The van der Waals surface area contributed by atoms with Crippen LogP contribution in [0.15, 0.2) is 24.3 Å². The lowest BCUT2D eigenvalue weighted by atomic mass is 10.0. The van der Waals surface area contributed by atoms with Crippen LogP contribution in [-0.2, 0) is 23.4 Å². The smallest absolute Gasteiger partial charge is 0.425 e. The van der Waals surface area contributed by atoms with Crippen molar-refractivity contribution in [3.63, 3.8) is 0 Å². The molecule has 0 radical (unpaired) electrons. The normalized spacial score (nSPS) is 13.7. The van der Waals surface area contributed by atoms with Gasteiger partial charge < -0.3 is 14.8 Å². The van der Waals surface area contributed by atoms with Gasteiger partial charge in [-0.2, -0.15) is 0 Å². The number of esters is 1. The predicted molar refractivity (Wildman–Crippen MR) is 98.3 cm³/mol. The van der Waals surface area contributed by atoms with Gasteiger partial charge in [0, 0.05) is 18.4 Å². The van der Waals surface area contributed by atoms with Crippen molar-refractivity contribution >= 4 is 31.7 Å². The highest BCUT2D eigenvalue weighted by Crippen LogP contribution is 2.23. The van der Waals surface area contributed by atoms with Crippen molar-refractivity contribution in [2.45, 2.75) is 39.5 Å². The second-order valence-electron chi connectivity index (χ2n) is 5.87. The Balaban J connectivity index is 2.68. The third-order valence-electron chi connectivity index (χ3n) is 3.27. The third kappa shape index (κ3) is 8.61. The molecule has 1 rings (SSSR count). The largest absolute Gasteiger partial charge is 0.504 e. The zero-order chi connectivity index (χ0) is 19.7. The number of rotatable bonds is 9. The molecule has 1 amide bonds. The highest BCUT2D eigenvalue weighted by molar-refractivity contribution is 7.38. The van der Waals surface area contributed by atoms with E-state index in [2.05, 4.69) is 5.32 Å². The molecule has 1 aromatic rings. The quantitative estimate of drug-likeness (QED) is 0.372. The van der Waals surface area contributed by atoms with Gasteiger partial charge in [0.2, 0.25) is 6.29 Å². The zero-order valence-electron chi connectivity index (χ0n) is 15.2. The Kier molecular flexibility index (Phi) is 9.55. The average molecular weight is 405 g/mol. The van der Waals surface area contributed by atoms with E-state index >= 15 is 0 Å². The Labute approximate surface area is 159 Å². The van der Waals surface area contributed by atoms with E-state index in [1.54, 1.807) is 38.1 Å². The van der Waals surface area contributed by atoms with Crippen LogP contribution in [0, 0.1) is 5.92 Å². The van der Waals surface area contributed by atoms with Gasteiger partial charge in [0.15, 0.2) is 6.66 Å². The maximum Gasteiger partial charge on any atom is 0.504 e. The first-order valence-corrected chi connectivity index (χ1v) is 10.2. The number of benzene rings is 1.